The zero-order valence-corrected chi connectivity index (χ0v) is 11.0. The summed E-state index contributed by atoms with van der Waals surface area (Å²) in [4.78, 5) is 11.8. The highest BCUT2D eigenvalue weighted by Gasteiger charge is 2.18. The summed E-state index contributed by atoms with van der Waals surface area (Å²) >= 11 is 0. The summed E-state index contributed by atoms with van der Waals surface area (Å²) in [6.07, 6.45) is 1.91. The molecule has 3 nitrogen and oxygen atoms in total. The Bertz CT molecular complexity index is 387. The second-order valence-corrected chi connectivity index (χ2v) is 5.25. The van der Waals surface area contributed by atoms with Crippen LogP contribution in [0.5, 0.6) is 0 Å². The zero-order chi connectivity index (χ0) is 13.6. The monoisotopic (exact) mass is 252 g/mol. The SMILES string of the molecule is CC(C)(CCCN)CNC(=O)c1ccc(F)cc1. The second-order valence-electron chi connectivity index (χ2n) is 5.25. The van der Waals surface area contributed by atoms with Crippen molar-refractivity contribution in [3.05, 3.63) is 35.6 Å². The Morgan fingerprint density at radius 2 is 1.94 bits per heavy atom. The van der Waals surface area contributed by atoms with Gasteiger partial charge in [0.25, 0.3) is 5.91 Å². The molecule has 0 saturated carbocycles. The fourth-order valence-electron chi connectivity index (χ4n) is 1.69. The smallest absolute Gasteiger partial charge is 0.251 e. The molecule has 4 heteroatoms. The number of rotatable bonds is 6. The average molecular weight is 252 g/mol. The minimum Gasteiger partial charge on any atom is -0.352 e. The number of hydrogen-bond acceptors (Lipinski definition) is 2. The van der Waals surface area contributed by atoms with Gasteiger partial charge in [-0.2, -0.15) is 0 Å². The molecular formula is C14H21FN2O. The minimum atomic E-state index is -0.338. The van der Waals surface area contributed by atoms with Gasteiger partial charge in [0.15, 0.2) is 0 Å². The van der Waals surface area contributed by atoms with E-state index in [2.05, 4.69) is 19.2 Å². The Labute approximate surface area is 108 Å². The molecule has 1 amide bonds. The van der Waals surface area contributed by atoms with E-state index in [9.17, 15) is 9.18 Å². The van der Waals surface area contributed by atoms with Crippen molar-refractivity contribution in [1.29, 1.82) is 0 Å². The van der Waals surface area contributed by atoms with Crippen molar-refractivity contribution in [2.24, 2.45) is 11.1 Å². The van der Waals surface area contributed by atoms with E-state index in [-0.39, 0.29) is 17.1 Å². The van der Waals surface area contributed by atoms with E-state index in [1.54, 1.807) is 0 Å². The van der Waals surface area contributed by atoms with Crippen molar-refractivity contribution < 1.29 is 9.18 Å². The standard InChI is InChI=1S/C14H21FN2O/c1-14(2,8-3-9-16)10-17-13(18)11-4-6-12(15)7-5-11/h4-7H,3,8-10,16H2,1-2H3,(H,17,18). The number of benzene rings is 1. The fourth-order valence-corrected chi connectivity index (χ4v) is 1.69. The number of nitrogens with two attached hydrogens (primary N) is 1. The van der Waals surface area contributed by atoms with Crippen LogP contribution in [-0.4, -0.2) is 19.0 Å². The van der Waals surface area contributed by atoms with E-state index in [0.717, 1.165) is 12.8 Å². The van der Waals surface area contributed by atoms with E-state index < -0.39 is 0 Å². The van der Waals surface area contributed by atoms with Gasteiger partial charge in [-0.15, -0.1) is 0 Å². The van der Waals surface area contributed by atoms with Crippen LogP contribution < -0.4 is 11.1 Å². The maximum Gasteiger partial charge on any atom is 0.251 e. The summed E-state index contributed by atoms with van der Waals surface area (Å²) < 4.78 is 12.7. The molecule has 18 heavy (non-hydrogen) atoms. The lowest BCUT2D eigenvalue weighted by Gasteiger charge is -2.24. The largest absolute Gasteiger partial charge is 0.352 e. The Morgan fingerprint density at radius 3 is 2.50 bits per heavy atom. The van der Waals surface area contributed by atoms with Crippen molar-refractivity contribution >= 4 is 5.91 Å². The number of nitrogens with one attached hydrogen (secondary N) is 1. The van der Waals surface area contributed by atoms with Gasteiger partial charge >= 0.3 is 0 Å². The molecule has 0 unspecified atom stereocenters. The van der Waals surface area contributed by atoms with Gasteiger partial charge in [0, 0.05) is 12.1 Å². The Morgan fingerprint density at radius 1 is 1.33 bits per heavy atom. The summed E-state index contributed by atoms with van der Waals surface area (Å²) in [7, 11) is 0. The van der Waals surface area contributed by atoms with Gasteiger partial charge in [-0.1, -0.05) is 13.8 Å². The maximum absolute atomic E-state index is 12.7. The molecule has 1 aromatic carbocycles. The van der Waals surface area contributed by atoms with E-state index in [1.165, 1.54) is 24.3 Å². The zero-order valence-electron chi connectivity index (χ0n) is 11.0. The van der Waals surface area contributed by atoms with Crippen molar-refractivity contribution in [1.82, 2.24) is 5.32 Å². The summed E-state index contributed by atoms with van der Waals surface area (Å²) in [5, 5.41) is 2.87. The molecule has 0 fully saturated rings. The molecule has 0 spiro atoms. The molecule has 0 radical (unpaired) electrons. The van der Waals surface area contributed by atoms with Gasteiger partial charge in [0.2, 0.25) is 0 Å². The lowest BCUT2D eigenvalue weighted by molar-refractivity contribution is 0.0934. The molecule has 0 atom stereocenters. The normalized spacial score (nSPS) is 11.3. The molecule has 0 aliphatic rings. The third-order valence-electron chi connectivity index (χ3n) is 2.89. The lowest BCUT2D eigenvalue weighted by Crippen LogP contribution is -2.34. The van der Waals surface area contributed by atoms with Crippen LogP contribution in [0.2, 0.25) is 0 Å². The molecular weight excluding hydrogens is 231 g/mol. The molecule has 0 heterocycles. The van der Waals surface area contributed by atoms with Crippen LogP contribution in [0, 0.1) is 11.2 Å². The molecule has 0 aliphatic carbocycles. The quantitative estimate of drug-likeness (QED) is 0.816. The fraction of sp³-hybridized carbons (Fsp3) is 0.500. The molecule has 0 aromatic heterocycles. The third-order valence-corrected chi connectivity index (χ3v) is 2.89. The molecule has 1 aromatic rings. The van der Waals surface area contributed by atoms with E-state index >= 15 is 0 Å². The van der Waals surface area contributed by atoms with Crippen LogP contribution in [0.15, 0.2) is 24.3 Å². The maximum atomic E-state index is 12.7. The number of carbonyl (C=O) groups is 1. The van der Waals surface area contributed by atoms with Crippen LogP contribution in [0.3, 0.4) is 0 Å². The van der Waals surface area contributed by atoms with Crippen molar-refractivity contribution in [2.75, 3.05) is 13.1 Å². The summed E-state index contributed by atoms with van der Waals surface area (Å²) in [6.45, 7) is 5.43. The molecule has 3 N–H and O–H groups in total. The van der Waals surface area contributed by atoms with Gasteiger partial charge in [-0.05, 0) is 49.1 Å². The first-order valence-electron chi connectivity index (χ1n) is 6.18. The molecule has 0 aliphatic heterocycles. The van der Waals surface area contributed by atoms with Gasteiger partial charge in [-0.25, -0.2) is 4.39 Å². The highest BCUT2D eigenvalue weighted by Crippen LogP contribution is 2.20. The topological polar surface area (TPSA) is 55.1 Å². The highest BCUT2D eigenvalue weighted by atomic mass is 19.1. The van der Waals surface area contributed by atoms with Gasteiger partial charge < -0.3 is 11.1 Å². The minimum absolute atomic E-state index is 0.0229. The number of halogens is 1. The van der Waals surface area contributed by atoms with Crippen LogP contribution in [0.1, 0.15) is 37.0 Å². The Balaban J connectivity index is 2.48. The summed E-state index contributed by atoms with van der Waals surface area (Å²) in [5.74, 6) is -0.509. The van der Waals surface area contributed by atoms with Gasteiger partial charge in [0.1, 0.15) is 5.82 Å². The van der Waals surface area contributed by atoms with E-state index in [4.69, 9.17) is 5.73 Å². The first-order valence-corrected chi connectivity index (χ1v) is 6.18. The third kappa shape index (κ3) is 4.84. The average Bonchev–Trinajstić information content (AvgIpc) is 2.35. The molecule has 100 valence electrons. The Kier molecular flexibility index (Phi) is 5.28. The van der Waals surface area contributed by atoms with Gasteiger partial charge in [-0.3, -0.25) is 4.79 Å². The van der Waals surface area contributed by atoms with Crippen molar-refractivity contribution in [3.8, 4) is 0 Å². The van der Waals surface area contributed by atoms with Crippen molar-refractivity contribution in [3.63, 3.8) is 0 Å². The summed E-state index contributed by atoms with van der Waals surface area (Å²) in [5.41, 5.74) is 5.97. The number of amides is 1. The number of hydrogen-bond donors (Lipinski definition) is 2. The van der Waals surface area contributed by atoms with Crippen molar-refractivity contribution in [2.45, 2.75) is 26.7 Å². The highest BCUT2D eigenvalue weighted by molar-refractivity contribution is 5.94. The molecule has 1 rings (SSSR count). The predicted octanol–water partition coefficient (Wildman–Crippen LogP) is 2.32. The molecule has 0 bridgehead atoms. The lowest BCUT2D eigenvalue weighted by atomic mass is 9.87. The second kappa shape index (κ2) is 6.50. The number of carbonyl (C=O) groups excluding carboxylic acids is 1. The van der Waals surface area contributed by atoms with E-state index in [1.807, 2.05) is 0 Å². The van der Waals surface area contributed by atoms with Crippen LogP contribution in [0.25, 0.3) is 0 Å². The molecule has 0 saturated heterocycles. The van der Waals surface area contributed by atoms with Gasteiger partial charge in [0.05, 0.1) is 0 Å². The van der Waals surface area contributed by atoms with Crippen LogP contribution in [-0.2, 0) is 0 Å². The van der Waals surface area contributed by atoms with Crippen LogP contribution >= 0.6 is 0 Å². The summed E-state index contributed by atoms with van der Waals surface area (Å²) in [6, 6.07) is 5.54. The predicted molar refractivity (Wildman–Crippen MR) is 70.8 cm³/mol. The van der Waals surface area contributed by atoms with Crippen LogP contribution in [0.4, 0.5) is 4.39 Å². The van der Waals surface area contributed by atoms with E-state index in [0.29, 0.717) is 18.7 Å². The first kappa shape index (κ1) is 14.6. The first-order chi connectivity index (χ1) is 8.44. The Hall–Kier alpha value is -1.42.